The highest BCUT2D eigenvalue weighted by atomic mass is 19.4. The Hall–Kier alpha value is -0.580. The lowest BCUT2D eigenvalue weighted by Gasteiger charge is -2.37. The molecule has 0 N–H and O–H groups in total. The molecule has 2 nitrogen and oxygen atoms in total. The van der Waals surface area contributed by atoms with Crippen LogP contribution in [0.3, 0.4) is 0 Å². The number of alkyl halides is 3. The third-order valence-corrected chi connectivity index (χ3v) is 3.96. The van der Waals surface area contributed by atoms with Crippen molar-refractivity contribution in [1.82, 2.24) is 4.90 Å². The molecule has 1 unspecified atom stereocenters. The van der Waals surface area contributed by atoms with Crippen molar-refractivity contribution < 1.29 is 18.0 Å². The summed E-state index contributed by atoms with van der Waals surface area (Å²) < 4.78 is 37.6. The van der Waals surface area contributed by atoms with Crippen molar-refractivity contribution in [1.29, 1.82) is 0 Å². The van der Waals surface area contributed by atoms with Crippen LogP contribution in [-0.4, -0.2) is 36.0 Å². The Morgan fingerprint density at radius 1 is 1.37 bits per heavy atom. The molecule has 0 saturated heterocycles. The Bertz CT molecular complexity index is 323. The van der Waals surface area contributed by atoms with Crippen molar-refractivity contribution in [3.8, 4) is 0 Å². The molecule has 0 aromatic carbocycles. The van der Waals surface area contributed by atoms with Gasteiger partial charge in [0.25, 0.3) is 0 Å². The summed E-state index contributed by atoms with van der Waals surface area (Å²) >= 11 is 0. The van der Waals surface area contributed by atoms with Gasteiger partial charge in [-0.2, -0.15) is 13.2 Å². The summed E-state index contributed by atoms with van der Waals surface area (Å²) in [4.78, 5) is 13.6. The van der Waals surface area contributed by atoms with E-state index < -0.39 is 12.7 Å². The number of hydrogen-bond donors (Lipinski definition) is 0. The molecule has 1 atom stereocenters. The highest BCUT2D eigenvalue weighted by Crippen LogP contribution is 2.36. The van der Waals surface area contributed by atoms with Gasteiger partial charge in [-0.05, 0) is 26.7 Å². The lowest BCUT2D eigenvalue weighted by molar-refractivity contribution is -0.154. The van der Waals surface area contributed by atoms with Crippen molar-refractivity contribution in [2.24, 2.45) is 11.3 Å². The van der Waals surface area contributed by atoms with E-state index in [0.717, 1.165) is 12.8 Å². The van der Waals surface area contributed by atoms with Gasteiger partial charge in [0.15, 0.2) is 0 Å². The van der Waals surface area contributed by atoms with E-state index in [1.54, 1.807) is 13.8 Å². The van der Waals surface area contributed by atoms with E-state index in [1.165, 1.54) is 4.90 Å². The molecule has 0 spiro atoms. The summed E-state index contributed by atoms with van der Waals surface area (Å²) in [6.07, 6.45) is -1.74. The zero-order valence-electron chi connectivity index (χ0n) is 12.2. The highest BCUT2D eigenvalue weighted by Gasteiger charge is 2.40. The summed E-state index contributed by atoms with van der Waals surface area (Å²) in [5.74, 6) is -0.139. The minimum Gasteiger partial charge on any atom is -0.299 e. The molecule has 0 heterocycles. The van der Waals surface area contributed by atoms with Gasteiger partial charge in [0.05, 0.1) is 6.54 Å². The first-order valence-corrected chi connectivity index (χ1v) is 6.88. The summed E-state index contributed by atoms with van der Waals surface area (Å²) in [7, 11) is 0. The van der Waals surface area contributed by atoms with E-state index in [2.05, 4.69) is 0 Å². The van der Waals surface area contributed by atoms with Crippen molar-refractivity contribution in [2.45, 2.75) is 59.2 Å². The van der Waals surface area contributed by atoms with Crippen molar-refractivity contribution in [3.63, 3.8) is 0 Å². The molecule has 19 heavy (non-hydrogen) atoms. The van der Waals surface area contributed by atoms with Crippen LogP contribution in [0, 0.1) is 11.3 Å². The third-order valence-electron chi connectivity index (χ3n) is 3.96. The average molecular weight is 279 g/mol. The smallest absolute Gasteiger partial charge is 0.299 e. The van der Waals surface area contributed by atoms with Gasteiger partial charge < -0.3 is 0 Å². The van der Waals surface area contributed by atoms with Crippen LogP contribution in [0.4, 0.5) is 13.2 Å². The zero-order valence-corrected chi connectivity index (χ0v) is 12.2. The minimum atomic E-state index is -4.21. The van der Waals surface area contributed by atoms with Crippen LogP contribution < -0.4 is 0 Å². The van der Waals surface area contributed by atoms with Crippen LogP contribution in [0.5, 0.6) is 0 Å². The standard InChI is InChI=1S/C14H24F3NO/c1-10(2)18(9-14(15,16)17)8-11-6-5-7-13(3,4)12(11)19/h10-11H,5-9H2,1-4H3. The Morgan fingerprint density at radius 2 is 1.95 bits per heavy atom. The summed E-state index contributed by atoms with van der Waals surface area (Å²) in [6, 6.07) is -0.209. The number of hydrogen-bond acceptors (Lipinski definition) is 2. The predicted molar refractivity (Wildman–Crippen MR) is 68.9 cm³/mol. The second-order valence-electron chi connectivity index (χ2n) is 6.48. The highest BCUT2D eigenvalue weighted by molar-refractivity contribution is 5.87. The van der Waals surface area contributed by atoms with Crippen LogP contribution in [0.25, 0.3) is 0 Å². The molecule has 0 aromatic heterocycles. The Morgan fingerprint density at radius 3 is 2.42 bits per heavy atom. The lowest BCUT2D eigenvalue weighted by atomic mass is 9.71. The van der Waals surface area contributed by atoms with E-state index in [1.807, 2.05) is 13.8 Å². The van der Waals surface area contributed by atoms with Crippen molar-refractivity contribution >= 4 is 5.78 Å². The maximum atomic E-state index is 12.5. The molecule has 0 radical (unpaired) electrons. The Labute approximate surface area is 113 Å². The summed E-state index contributed by atoms with van der Waals surface area (Å²) in [6.45, 7) is 6.55. The first-order chi connectivity index (χ1) is 8.53. The monoisotopic (exact) mass is 279 g/mol. The molecular formula is C14H24F3NO. The SMILES string of the molecule is CC(C)N(CC1CCCC(C)(C)C1=O)CC(F)(F)F. The minimum absolute atomic E-state index is 0.117. The zero-order chi connectivity index (χ0) is 14.8. The summed E-state index contributed by atoms with van der Waals surface area (Å²) in [5.41, 5.74) is -0.385. The molecule has 1 saturated carbocycles. The van der Waals surface area contributed by atoms with Crippen LogP contribution >= 0.6 is 0 Å². The Kier molecular flexibility index (Phi) is 5.04. The number of halogens is 3. The molecule has 112 valence electrons. The van der Waals surface area contributed by atoms with Gasteiger partial charge in [0.2, 0.25) is 0 Å². The van der Waals surface area contributed by atoms with Gasteiger partial charge in [-0.15, -0.1) is 0 Å². The van der Waals surface area contributed by atoms with Crippen LogP contribution in [0.1, 0.15) is 47.0 Å². The van der Waals surface area contributed by atoms with E-state index in [-0.39, 0.29) is 29.7 Å². The van der Waals surface area contributed by atoms with Gasteiger partial charge in [-0.25, -0.2) is 0 Å². The van der Waals surface area contributed by atoms with Crippen LogP contribution in [0.15, 0.2) is 0 Å². The maximum Gasteiger partial charge on any atom is 0.401 e. The fraction of sp³-hybridized carbons (Fsp3) is 0.929. The van der Waals surface area contributed by atoms with Crippen LogP contribution in [-0.2, 0) is 4.79 Å². The molecule has 1 aliphatic carbocycles. The van der Waals surface area contributed by atoms with E-state index in [4.69, 9.17) is 0 Å². The van der Waals surface area contributed by atoms with E-state index >= 15 is 0 Å². The predicted octanol–water partition coefficient (Wildman–Crippen LogP) is 3.65. The van der Waals surface area contributed by atoms with Gasteiger partial charge in [0, 0.05) is 23.9 Å². The molecule has 1 aliphatic rings. The number of nitrogens with zero attached hydrogens (tertiary/aromatic N) is 1. The normalized spacial score (nSPS) is 24.3. The van der Waals surface area contributed by atoms with E-state index in [9.17, 15) is 18.0 Å². The molecule has 0 aliphatic heterocycles. The molecular weight excluding hydrogens is 255 g/mol. The fourth-order valence-electron chi connectivity index (χ4n) is 2.74. The first-order valence-electron chi connectivity index (χ1n) is 6.88. The average Bonchev–Trinajstić information content (AvgIpc) is 2.21. The topological polar surface area (TPSA) is 20.3 Å². The number of carbonyl (C=O) groups is 1. The second kappa shape index (κ2) is 5.81. The number of Topliss-reactive ketones (excluding diaryl/α,β-unsaturated/α-hetero) is 1. The van der Waals surface area contributed by atoms with E-state index in [0.29, 0.717) is 6.42 Å². The van der Waals surface area contributed by atoms with Gasteiger partial charge in [-0.3, -0.25) is 9.69 Å². The van der Waals surface area contributed by atoms with Crippen molar-refractivity contribution in [2.75, 3.05) is 13.1 Å². The lowest BCUT2D eigenvalue weighted by Crippen LogP contribution is -2.46. The molecule has 1 rings (SSSR count). The molecule has 0 amide bonds. The molecule has 0 bridgehead atoms. The fourth-order valence-corrected chi connectivity index (χ4v) is 2.74. The maximum absolute atomic E-state index is 12.5. The van der Waals surface area contributed by atoms with Gasteiger partial charge in [0.1, 0.15) is 5.78 Å². The largest absolute Gasteiger partial charge is 0.401 e. The first kappa shape index (κ1) is 16.5. The quantitative estimate of drug-likeness (QED) is 0.783. The Balaban J connectivity index is 2.71. The van der Waals surface area contributed by atoms with Crippen molar-refractivity contribution in [3.05, 3.63) is 0 Å². The third kappa shape index (κ3) is 4.79. The molecule has 5 heteroatoms. The van der Waals surface area contributed by atoms with Gasteiger partial charge >= 0.3 is 6.18 Å². The molecule has 1 fully saturated rings. The molecule has 0 aromatic rings. The number of rotatable bonds is 4. The van der Waals surface area contributed by atoms with Crippen LogP contribution in [0.2, 0.25) is 0 Å². The number of carbonyl (C=O) groups excluding carboxylic acids is 1. The number of ketones is 1. The second-order valence-corrected chi connectivity index (χ2v) is 6.48. The van der Waals surface area contributed by atoms with Gasteiger partial charge in [-0.1, -0.05) is 20.3 Å². The summed E-state index contributed by atoms with van der Waals surface area (Å²) in [5, 5.41) is 0.